The summed E-state index contributed by atoms with van der Waals surface area (Å²) in [6.07, 6.45) is -2.43. The summed E-state index contributed by atoms with van der Waals surface area (Å²) in [4.78, 5) is 12.4. The summed E-state index contributed by atoms with van der Waals surface area (Å²) < 4.78 is 39.8. The van der Waals surface area contributed by atoms with Crippen LogP contribution in [0.3, 0.4) is 0 Å². The normalized spacial score (nSPS) is 16.4. The topological polar surface area (TPSA) is 87.6 Å². The summed E-state index contributed by atoms with van der Waals surface area (Å²) in [7, 11) is 0. The van der Waals surface area contributed by atoms with Gasteiger partial charge in [-0.2, -0.15) is 23.4 Å². The molecular formula is C18H18ClF3N6O. The number of H-pyrrole nitrogens is 1. The summed E-state index contributed by atoms with van der Waals surface area (Å²) in [6, 6.07) is 8.58. The molecule has 2 aromatic heterocycles. The molecule has 3 aromatic rings. The van der Waals surface area contributed by atoms with Crippen molar-refractivity contribution < 1.29 is 18.0 Å². The highest BCUT2D eigenvalue weighted by atomic mass is 35.5. The fourth-order valence-corrected chi connectivity index (χ4v) is 3.19. The quantitative estimate of drug-likeness (QED) is 0.597. The number of nitrogens with zero attached hydrogens (tertiary/aromatic N) is 3. The zero-order valence-corrected chi connectivity index (χ0v) is 15.8. The maximum absolute atomic E-state index is 13.0. The number of benzene rings is 1. The van der Waals surface area contributed by atoms with Crippen LogP contribution in [-0.2, 0) is 6.18 Å². The Morgan fingerprint density at radius 2 is 1.97 bits per heavy atom. The van der Waals surface area contributed by atoms with Crippen molar-refractivity contribution in [1.29, 1.82) is 0 Å². The largest absolute Gasteiger partial charge is 0.433 e. The van der Waals surface area contributed by atoms with Gasteiger partial charge in [0.1, 0.15) is 5.69 Å². The number of carbonyl (C=O) groups excluding carboxylic acids is 1. The van der Waals surface area contributed by atoms with Crippen molar-refractivity contribution in [2.45, 2.75) is 18.5 Å². The lowest BCUT2D eigenvalue weighted by Gasteiger charge is -2.11. The van der Waals surface area contributed by atoms with E-state index in [0.29, 0.717) is 11.6 Å². The van der Waals surface area contributed by atoms with Crippen molar-refractivity contribution in [2.75, 3.05) is 18.4 Å². The van der Waals surface area contributed by atoms with Gasteiger partial charge in [0.15, 0.2) is 5.69 Å². The summed E-state index contributed by atoms with van der Waals surface area (Å²) in [5.74, 6) is -0.0819. The second-order valence-electron chi connectivity index (χ2n) is 6.53. The van der Waals surface area contributed by atoms with E-state index in [9.17, 15) is 18.0 Å². The Morgan fingerprint density at radius 3 is 2.62 bits per heavy atom. The van der Waals surface area contributed by atoms with E-state index in [2.05, 4.69) is 25.9 Å². The zero-order chi connectivity index (χ0) is 19.7. The van der Waals surface area contributed by atoms with Crippen LogP contribution in [0.1, 0.15) is 34.2 Å². The average molecular weight is 427 g/mol. The number of hydrogen-bond acceptors (Lipinski definition) is 4. The monoisotopic (exact) mass is 426 g/mol. The molecule has 3 N–H and O–H groups in total. The standard InChI is InChI=1S/C18H17F3N6O.ClH/c19-18(20,21)16-6-8-23-27(16)13-3-1-12(2-4-13)24-17(28)15-9-14(25-26-15)11-5-7-22-10-11;/h1-4,6,8-9,11,22H,5,7,10H2,(H,24,28)(H,25,26);1H. The van der Waals surface area contributed by atoms with Gasteiger partial charge in [0.2, 0.25) is 0 Å². The molecule has 1 amide bonds. The smallest absolute Gasteiger partial charge is 0.321 e. The first-order valence-electron chi connectivity index (χ1n) is 8.71. The molecule has 11 heteroatoms. The molecule has 154 valence electrons. The average Bonchev–Trinajstić information content (AvgIpc) is 3.41. The zero-order valence-electron chi connectivity index (χ0n) is 15.0. The van der Waals surface area contributed by atoms with Gasteiger partial charge in [-0.25, -0.2) is 4.68 Å². The minimum absolute atomic E-state index is 0. The fraction of sp³-hybridized carbons (Fsp3) is 0.278. The van der Waals surface area contributed by atoms with E-state index in [1.807, 2.05) is 0 Å². The molecule has 29 heavy (non-hydrogen) atoms. The predicted octanol–water partition coefficient (Wildman–Crippen LogP) is 3.37. The molecule has 0 spiro atoms. The molecule has 3 heterocycles. The Morgan fingerprint density at radius 1 is 1.21 bits per heavy atom. The highest BCUT2D eigenvalue weighted by Crippen LogP contribution is 2.30. The van der Waals surface area contributed by atoms with Gasteiger partial charge in [-0.1, -0.05) is 0 Å². The Hall–Kier alpha value is -2.85. The number of halogens is 4. The molecule has 1 unspecified atom stereocenters. The van der Waals surface area contributed by atoms with Gasteiger partial charge in [0, 0.05) is 23.8 Å². The Labute approximate surface area is 170 Å². The van der Waals surface area contributed by atoms with Crippen molar-refractivity contribution in [1.82, 2.24) is 25.3 Å². The lowest BCUT2D eigenvalue weighted by molar-refractivity contribution is -0.142. The van der Waals surface area contributed by atoms with Crippen molar-refractivity contribution in [3.63, 3.8) is 0 Å². The van der Waals surface area contributed by atoms with E-state index in [4.69, 9.17) is 0 Å². The van der Waals surface area contributed by atoms with E-state index >= 15 is 0 Å². The van der Waals surface area contributed by atoms with Crippen LogP contribution < -0.4 is 10.6 Å². The van der Waals surface area contributed by atoms with Gasteiger partial charge in [-0.3, -0.25) is 9.89 Å². The van der Waals surface area contributed by atoms with E-state index in [-0.39, 0.29) is 23.8 Å². The molecule has 1 aliphatic heterocycles. The van der Waals surface area contributed by atoms with Crippen LogP contribution in [0.5, 0.6) is 0 Å². The molecule has 1 saturated heterocycles. The van der Waals surface area contributed by atoms with Crippen molar-refractivity contribution in [3.8, 4) is 5.69 Å². The fourth-order valence-electron chi connectivity index (χ4n) is 3.19. The molecule has 1 fully saturated rings. The third-order valence-corrected chi connectivity index (χ3v) is 4.63. The first-order chi connectivity index (χ1) is 13.4. The number of carbonyl (C=O) groups is 1. The van der Waals surface area contributed by atoms with Crippen LogP contribution in [-0.4, -0.2) is 39.0 Å². The molecule has 1 atom stereocenters. The molecule has 0 bridgehead atoms. The Kier molecular flexibility index (Phi) is 5.94. The van der Waals surface area contributed by atoms with E-state index < -0.39 is 17.8 Å². The lowest BCUT2D eigenvalue weighted by Crippen LogP contribution is -2.14. The van der Waals surface area contributed by atoms with Crippen LogP contribution in [0, 0.1) is 0 Å². The number of amides is 1. The third kappa shape index (κ3) is 4.43. The number of rotatable bonds is 4. The summed E-state index contributed by atoms with van der Waals surface area (Å²) in [5, 5.41) is 16.6. The summed E-state index contributed by atoms with van der Waals surface area (Å²) in [6.45, 7) is 1.78. The molecule has 0 aliphatic carbocycles. The molecular weight excluding hydrogens is 409 g/mol. The van der Waals surface area contributed by atoms with Gasteiger partial charge < -0.3 is 10.6 Å². The summed E-state index contributed by atoms with van der Waals surface area (Å²) >= 11 is 0. The van der Waals surface area contributed by atoms with E-state index in [0.717, 1.165) is 42.1 Å². The number of anilines is 1. The minimum Gasteiger partial charge on any atom is -0.321 e. The first kappa shape index (κ1) is 20.9. The van der Waals surface area contributed by atoms with Gasteiger partial charge in [-0.05, 0) is 49.4 Å². The number of aromatic amines is 1. The van der Waals surface area contributed by atoms with E-state index in [1.54, 1.807) is 6.07 Å². The van der Waals surface area contributed by atoms with Crippen LogP contribution in [0.2, 0.25) is 0 Å². The molecule has 1 aromatic carbocycles. The Balaban J connectivity index is 0.00000240. The second kappa shape index (κ2) is 8.26. The number of nitrogens with one attached hydrogen (secondary N) is 3. The predicted molar refractivity (Wildman–Crippen MR) is 103 cm³/mol. The molecule has 0 saturated carbocycles. The SMILES string of the molecule is Cl.O=C(Nc1ccc(-n2nccc2C(F)(F)F)cc1)c1cc(C2CCNC2)[nH]n1. The van der Waals surface area contributed by atoms with Crippen molar-refractivity contribution >= 4 is 24.0 Å². The number of aromatic nitrogens is 4. The van der Waals surface area contributed by atoms with Crippen molar-refractivity contribution in [3.05, 3.63) is 59.7 Å². The Bertz CT molecular complexity index is 976. The lowest BCUT2D eigenvalue weighted by atomic mass is 10.1. The second-order valence-corrected chi connectivity index (χ2v) is 6.53. The highest BCUT2D eigenvalue weighted by molar-refractivity contribution is 6.02. The molecule has 0 radical (unpaired) electrons. The third-order valence-electron chi connectivity index (χ3n) is 4.63. The molecule has 4 rings (SSSR count). The molecule has 1 aliphatic rings. The first-order valence-corrected chi connectivity index (χ1v) is 8.71. The van der Waals surface area contributed by atoms with Gasteiger partial charge in [0.05, 0.1) is 11.9 Å². The van der Waals surface area contributed by atoms with E-state index in [1.165, 1.54) is 24.3 Å². The summed E-state index contributed by atoms with van der Waals surface area (Å²) in [5.41, 5.74) is 0.990. The maximum Gasteiger partial charge on any atom is 0.433 e. The minimum atomic E-state index is -4.50. The van der Waals surface area contributed by atoms with Crippen LogP contribution in [0.15, 0.2) is 42.6 Å². The maximum atomic E-state index is 13.0. The van der Waals surface area contributed by atoms with Crippen molar-refractivity contribution in [2.24, 2.45) is 0 Å². The van der Waals surface area contributed by atoms with Crippen LogP contribution >= 0.6 is 12.4 Å². The number of alkyl halides is 3. The van der Waals surface area contributed by atoms with Crippen LogP contribution in [0.25, 0.3) is 5.69 Å². The number of hydrogen-bond donors (Lipinski definition) is 3. The highest BCUT2D eigenvalue weighted by Gasteiger charge is 2.35. The van der Waals surface area contributed by atoms with Gasteiger partial charge >= 0.3 is 6.18 Å². The van der Waals surface area contributed by atoms with Gasteiger partial charge in [-0.15, -0.1) is 12.4 Å². The molecule has 7 nitrogen and oxygen atoms in total. The van der Waals surface area contributed by atoms with Crippen LogP contribution in [0.4, 0.5) is 18.9 Å². The van der Waals surface area contributed by atoms with Gasteiger partial charge in [0.25, 0.3) is 5.91 Å².